The molecule has 0 radical (unpaired) electrons. The third kappa shape index (κ3) is 3.39. The van der Waals surface area contributed by atoms with E-state index in [-0.39, 0.29) is 0 Å². The minimum absolute atomic E-state index is 1.04. The van der Waals surface area contributed by atoms with Crippen molar-refractivity contribution in [1.82, 2.24) is 9.97 Å². The maximum Gasteiger partial charge on any atom is 0.107 e. The molecule has 0 bridgehead atoms. The Hall–Kier alpha value is -1.31. The van der Waals surface area contributed by atoms with Crippen molar-refractivity contribution < 1.29 is 0 Å². The Balaban J connectivity index is 0.000000337. The zero-order chi connectivity index (χ0) is 11.1. The molecular formula is C13H20N2. The van der Waals surface area contributed by atoms with Crippen molar-refractivity contribution in [3.8, 4) is 0 Å². The molecule has 2 nitrogen and oxygen atoms in total. The Morgan fingerprint density at radius 2 is 1.80 bits per heavy atom. The highest BCUT2D eigenvalue weighted by Crippen LogP contribution is 2.10. The summed E-state index contributed by atoms with van der Waals surface area (Å²) in [5.41, 5.74) is 2.21. The van der Waals surface area contributed by atoms with Crippen LogP contribution in [-0.2, 0) is 6.42 Å². The minimum atomic E-state index is 1.04. The van der Waals surface area contributed by atoms with Gasteiger partial charge < -0.3 is 4.98 Å². The van der Waals surface area contributed by atoms with Crippen molar-refractivity contribution in [3.05, 3.63) is 30.1 Å². The fraction of sp³-hybridized carbons (Fsp3) is 0.462. The molecule has 1 aromatic heterocycles. The third-order valence-corrected chi connectivity index (χ3v) is 1.93. The van der Waals surface area contributed by atoms with Crippen molar-refractivity contribution in [2.45, 2.75) is 40.0 Å². The molecule has 0 unspecified atom stereocenters. The summed E-state index contributed by atoms with van der Waals surface area (Å²) in [4.78, 5) is 7.73. The average molecular weight is 204 g/mol. The van der Waals surface area contributed by atoms with Crippen LogP contribution < -0.4 is 0 Å². The number of aryl methyl sites for hydroxylation is 1. The molecule has 0 aliphatic carbocycles. The topological polar surface area (TPSA) is 28.7 Å². The maximum atomic E-state index is 4.45. The molecule has 0 spiro atoms. The van der Waals surface area contributed by atoms with E-state index in [1.807, 2.05) is 18.2 Å². The molecule has 0 aliphatic heterocycles. The summed E-state index contributed by atoms with van der Waals surface area (Å²) in [6.45, 7) is 6.41. The summed E-state index contributed by atoms with van der Waals surface area (Å²) in [6, 6.07) is 8.13. The second-order valence-corrected chi connectivity index (χ2v) is 3.66. The van der Waals surface area contributed by atoms with Gasteiger partial charge >= 0.3 is 0 Å². The van der Waals surface area contributed by atoms with E-state index in [4.69, 9.17) is 0 Å². The Morgan fingerprint density at radius 3 is 2.40 bits per heavy atom. The summed E-state index contributed by atoms with van der Waals surface area (Å²) in [5, 5.41) is 0. The lowest BCUT2D eigenvalue weighted by Crippen LogP contribution is -1.83. The van der Waals surface area contributed by atoms with E-state index in [0.717, 1.165) is 29.7 Å². The molecule has 15 heavy (non-hydrogen) atoms. The van der Waals surface area contributed by atoms with E-state index in [0.29, 0.717) is 0 Å². The molecule has 2 rings (SSSR count). The highest BCUT2D eigenvalue weighted by Gasteiger charge is 1.98. The van der Waals surface area contributed by atoms with E-state index in [1.54, 1.807) is 0 Å². The molecule has 1 heterocycles. The first-order valence-electron chi connectivity index (χ1n) is 5.75. The third-order valence-electron chi connectivity index (χ3n) is 1.93. The number of hydrogen-bond donors (Lipinski definition) is 1. The second kappa shape index (κ2) is 6.23. The Morgan fingerprint density at radius 1 is 1.13 bits per heavy atom. The predicted octanol–water partition coefficient (Wildman–Crippen LogP) is 3.93. The minimum Gasteiger partial charge on any atom is -0.342 e. The number of nitrogens with zero attached hydrogens (tertiary/aromatic N) is 1. The Kier molecular flexibility index (Phi) is 4.88. The van der Waals surface area contributed by atoms with Crippen molar-refractivity contribution in [2.75, 3.05) is 0 Å². The van der Waals surface area contributed by atoms with Gasteiger partial charge in [0.25, 0.3) is 0 Å². The molecule has 82 valence electrons. The Bertz CT molecular complexity index is 357. The molecule has 1 N–H and O–H groups in total. The maximum absolute atomic E-state index is 4.45. The van der Waals surface area contributed by atoms with Crippen molar-refractivity contribution in [2.24, 2.45) is 0 Å². The molecule has 1 aromatic carbocycles. The first-order valence-corrected chi connectivity index (χ1v) is 5.75. The number of rotatable bonds is 2. The van der Waals surface area contributed by atoms with Crippen LogP contribution in [0.15, 0.2) is 24.3 Å². The average Bonchev–Trinajstić information content (AvgIpc) is 2.61. The van der Waals surface area contributed by atoms with Crippen molar-refractivity contribution in [1.29, 1.82) is 0 Å². The smallest absolute Gasteiger partial charge is 0.107 e. The van der Waals surface area contributed by atoms with Crippen LogP contribution in [0.25, 0.3) is 11.0 Å². The highest BCUT2D eigenvalue weighted by molar-refractivity contribution is 5.74. The summed E-state index contributed by atoms with van der Waals surface area (Å²) in [5.74, 6) is 1.10. The summed E-state index contributed by atoms with van der Waals surface area (Å²) in [6.07, 6.45) is 3.43. The van der Waals surface area contributed by atoms with Crippen LogP contribution in [0.3, 0.4) is 0 Å². The largest absolute Gasteiger partial charge is 0.342 e. The van der Waals surface area contributed by atoms with Gasteiger partial charge in [-0.25, -0.2) is 4.98 Å². The lowest BCUT2D eigenvalue weighted by molar-refractivity contribution is 0.861. The monoisotopic (exact) mass is 204 g/mol. The number of hydrogen-bond acceptors (Lipinski definition) is 1. The highest BCUT2D eigenvalue weighted by atomic mass is 14.9. The van der Waals surface area contributed by atoms with Gasteiger partial charge in [-0.15, -0.1) is 0 Å². The number of H-pyrrole nitrogens is 1. The standard InChI is InChI=1S/C10H12N2.C3H8/c1-2-5-10-11-8-6-3-4-7-9(8)12-10;1-3-2/h3-4,6-7H,2,5H2,1H3,(H,11,12);3H2,1-2H3. The number of imidazole rings is 1. The number of nitrogens with one attached hydrogen (secondary N) is 1. The van der Waals surface area contributed by atoms with Crippen LogP contribution in [0.1, 0.15) is 39.4 Å². The lowest BCUT2D eigenvalue weighted by atomic mass is 10.3. The first-order chi connectivity index (χ1) is 7.31. The first kappa shape index (κ1) is 11.8. The zero-order valence-corrected chi connectivity index (χ0v) is 9.88. The summed E-state index contributed by atoms with van der Waals surface area (Å²) >= 11 is 0. The van der Waals surface area contributed by atoms with Gasteiger partial charge in [0.2, 0.25) is 0 Å². The molecule has 0 aliphatic rings. The SMILES string of the molecule is CCC.CCCc1nc2ccccc2[nH]1. The van der Waals surface area contributed by atoms with Crippen molar-refractivity contribution in [3.63, 3.8) is 0 Å². The molecule has 0 atom stereocenters. The van der Waals surface area contributed by atoms with Crippen LogP contribution in [0.5, 0.6) is 0 Å². The van der Waals surface area contributed by atoms with Gasteiger partial charge in [-0.05, 0) is 18.6 Å². The van der Waals surface area contributed by atoms with Gasteiger partial charge in [0.05, 0.1) is 11.0 Å². The summed E-state index contributed by atoms with van der Waals surface area (Å²) < 4.78 is 0. The lowest BCUT2D eigenvalue weighted by Gasteiger charge is -1.86. The van der Waals surface area contributed by atoms with Gasteiger partial charge in [0, 0.05) is 6.42 Å². The fourth-order valence-electron chi connectivity index (χ4n) is 1.36. The van der Waals surface area contributed by atoms with Gasteiger partial charge in [0.15, 0.2) is 0 Å². The molecule has 2 heteroatoms. The van der Waals surface area contributed by atoms with E-state index in [1.165, 1.54) is 6.42 Å². The van der Waals surface area contributed by atoms with Gasteiger partial charge in [-0.3, -0.25) is 0 Å². The van der Waals surface area contributed by atoms with Crippen LogP contribution in [-0.4, -0.2) is 9.97 Å². The van der Waals surface area contributed by atoms with E-state index in [2.05, 4.69) is 36.8 Å². The van der Waals surface area contributed by atoms with Crippen LogP contribution in [0, 0.1) is 0 Å². The van der Waals surface area contributed by atoms with Gasteiger partial charge in [0.1, 0.15) is 5.82 Å². The van der Waals surface area contributed by atoms with Gasteiger partial charge in [-0.2, -0.15) is 0 Å². The molecule has 0 fully saturated rings. The molecule has 0 saturated heterocycles. The molecular weight excluding hydrogens is 184 g/mol. The van der Waals surface area contributed by atoms with E-state index < -0.39 is 0 Å². The summed E-state index contributed by atoms with van der Waals surface area (Å²) in [7, 11) is 0. The number of aromatic amines is 1. The van der Waals surface area contributed by atoms with Crippen LogP contribution in [0.2, 0.25) is 0 Å². The van der Waals surface area contributed by atoms with Gasteiger partial charge in [-0.1, -0.05) is 39.3 Å². The fourth-order valence-corrected chi connectivity index (χ4v) is 1.36. The second-order valence-electron chi connectivity index (χ2n) is 3.66. The number of aromatic nitrogens is 2. The number of para-hydroxylation sites is 2. The Labute approximate surface area is 91.7 Å². The van der Waals surface area contributed by atoms with Crippen molar-refractivity contribution >= 4 is 11.0 Å². The van der Waals surface area contributed by atoms with Crippen LogP contribution in [0.4, 0.5) is 0 Å². The van der Waals surface area contributed by atoms with Crippen LogP contribution >= 0.6 is 0 Å². The van der Waals surface area contributed by atoms with E-state index >= 15 is 0 Å². The molecule has 2 aromatic rings. The quantitative estimate of drug-likeness (QED) is 0.788. The van der Waals surface area contributed by atoms with E-state index in [9.17, 15) is 0 Å². The normalized spacial score (nSPS) is 9.80. The number of benzene rings is 1. The predicted molar refractivity (Wildman–Crippen MR) is 66.1 cm³/mol. The zero-order valence-electron chi connectivity index (χ0n) is 9.88. The number of fused-ring (bicyclic) bond motifs is 1. The molecule has 0 amide bonds. The molecule has 0 saturated carbocycles.